The molecule has 3 heteroatoms. The number of nitrogens with two attached hydrogens (primary N) is 1. The minimum absolute atomic E-state index is 0.372. The van der Waals surface area contributed by atoms with Crippen molar-refractivity contribution in [2.24, 2.45) is 0 Å². The molecule has 0 fully saturated rings. The maximum atomic E-state index is 6.05. The van der Waals surface area contributed by atoms with E-state index in [4.69, 9.17) is 5.73 Å². The SMILES string of the molecule is CC(C)c1ncn(Cc2ccccc2)c1N. The van der Waals surface area contributed by atoms with Crippen molar-refractivity contribution >= 4 is 5.82 Å². The van der Waals surface area contributed by atoms with Crippen molar-refractivity contribution in [3.8, 4) is 0 Å². The van der Waals surface area contributed by atoms with E-state index in [1.165, 1.54) is 5.56 Å². The Kier molecular flexibility index (Phi) is 2.95. The van der Waals surface area contributed by atoms with E-state index in [2.05, 4.69) is 31.0 Å². The van der Waals surface area contributed by atoms with Crippen LogP contribution in [0.3, 0.4) is 0 Å². The Morgan fingerprint density at radius 2 is 1.94 bits per heavy atom. The molecule has 1 heterocycles. The fraction of sp³-hybridized carbons (Fsp3) is 0.308. The Morgan fingerprint density at radius 1 is 1.25 bits per heavy atom. The van der Waals surface area contributed by atoms with Crippen LogP contribution in [0, 0.1) is 0 Å². The quantitative estimate of drug-likeness (QED) is 0.855. The molecular formula is C13H17N3. The van der Waals surface area contributed by atoms with Gasteiger partial charge in [-0.05, 0) is 11.5 Å². The molecule has 0 unspecified atom stereocenters. The van der Waals surface area contributed by atoms with Crippen molar-refractivity contribution in [2.45, 2.75) is 26.3 Å². The maximum absolute atomic E-state index is 6.05. The van der Waals surface area contributed by atoms with Crippen molar-refractivity contribution in [2.75, 3.05) is 5.73 Å². The minimum Gasteiger partial charge on any atom is -0.384 e. The minimum atomic E-state index is 0.372. The fourth-order valence-corrected chi connectivity index (χ4v) is 1.76. The number of aromatic nitrogens is 2. The summed E-state index contributed by atoms with van der Waals surface area (Å²) in [6, 6.07) is 10.3. The molecule has 0 atom stereocenters. The molecule has 0 amide bonds. The normalized spacial score (nSPS) is 10.9. The summed E-state index contributed by atoms with van der Waals surface area (Å²) < 4.78 is 1.99. The molecule has 0 bridgehead atoms. The molecule has 0 aliphatic heterocycles. The highest BCUT2D eigenvalue weighted by atomic mass is 15.1. The number of nitrogen functional groups attached to an aromatic ring is 1. The number of hydrogen-bond acceptors (Lipinski definition) is 2. The summed E-state index contributed by atoms with van der Waals surface area (Å²) in [5, 5.41) is 0. The lowest BCUT2D eigenvalue weighted by atomic mass is 10.1. The van der Waals surface area contributed by atoms with Gasteiger partial charge in [-0.1, -0.05) is 44.2 Å². The predicted molar refractivity (Wildman–Crippen MR) is 66.3 cm³/mol. The van der Waals surface area contributed by atoms with Gasteiger partial charge in [0.1, 0.15) is 5.82 Å². The number of imidazole rings is 1. The average molecular weight is 215 g/mol. The van der Waals surface area contributed by atoms with E-state index in [-0.39, 0.29) is 0 Å². The first kappa shape index (κ1) is 10.7. The number of nitrogens with zero attached hydrogens (tertiary/aromatic N) is 2. The Labute approximate surface area is 95.9 Å². The molecule has 0 aliphatic carbocycles. The van der Waals surface area contributed by atoms with Gasteiger partial charge < -0.3 is 10.3 Å². The van der Waals surface area contributed by atoms with Gasteiger partial charge in [0.15, 0.2) is 0 Å². The van der Waals surface area contributed by atoms with Crippen LogP contribution in [0.4, 0.5) is 5.82 Å². The molecule has 84 valence electrons. The van der Waals surface area contributed by atoms with Crippen LogP contribution >= 0.6 is 0 Å². The first-order valence-electron chi connectivity index (χ1n) is 5.53. The average Bonchev–Trinajstić information content (AvgIpc) is 2.62. The molecule has 1 aromatic heterocycles. The lowest BCUT2D eigenvalue weighted by Crippen LogP contribution is -2.04. The second kappa shape index (κ2) is 4.39. The molecule has 0 radical (unpaired) electrons. The predicted octanol–water partition coefficient (Wildman–Crippen LogP) is 2.64. The van der Waals surface area contributed by atoms with E-state index in [1.54, 1.807) is 0 Å². The maximum Gasteiger partial charge on any atom is 0.127 e. The lowest BCUT2D eigenvalue weighted by Gasteiger charge is -2.07. The summed E-state index contributed by atoms with van der Waals surface area (Å²) in [4.78, 5) is 4.35. The van der Waals surface area contributed by atoms with E-state index < -0.39 is 0 Å². The number of rotatable bonds is 3. The summed E-state index contributed by atoms with van der Waals surface area (Å²) in [6.07, 6.45) is 1.82. The number of benzene rings is 1. The molecule has 0 spiro atoms. The summed E-state index contributed by atoms with van der Waals surface area (Å²) in [5.41, 5.74) is 8.27. The topological polar surface area (TPSA) is 43.8 Å². The second-order valence-corrected chi connectivity index (χ2v) is 4.28. The third-order valence-corrected chi connectivity index (χ3v) is 2.65. The molecule has 0 aliphatic rings. The highest BCUT2D eigenvalue weighted by Gasteiger charge is 2.10. The highest BCUT2D eigenvalue weighted by molar-refractivity contribution is 5.38. The molecule has 2 aromatic rings. The molecule has 1 aromatic carbocycles. The van der Waals surface area contributed by atoms with Crippen LogP contribution in [-0.4, -0.2) is 9.55 Å². The van der Waals surface area contributed by atoms with Crippen molar-refractivity contribution in [3.05, 3.63) is 47.9 Å². The molecule has 0 saturated heterocycles. The highest BCUT2D eigenvalue weighted by Crippen LogP contribution is 2.20. The van der Waals surface area contributed by atoms with Crippen LogP contribution in [0.25, 0.3) is 0 Å². The second-order valence-electron chi connectivity index (χ2n) is 4.28. The Balaban J connectivity index is 2.23. The van der Waals surface area contributed by atoms with Crippen molar-refractivity contribution < 1.29 is 0 Å². The zero-order valence-electron chi connectivity index (χ0n) is 9.72. The first-order chi connectivity index (χ1) is 7.68. The third kappa shape index (κ3) is 2.08. The number of anilines is 1. The smallest absolute Gasteiger partial charge is 0.127 e. The van der Waals surface area contributed by atoms with Crippen LogP contribution in [0.2, 0.25) is 0 Å². The molecule has 2 rings (SSSR count). The van der Waals surface area contributed by atoms with Crippen LogP contribution in [-0.2, 0) is 6.54 Å². The van der Waals surface area contributed by atoms with E-state index in [0.717, 1.165) is 18.1 Å². The van der Waals surface area contributed by atoms with E-state index in [1.807, 2.05) is 29.1 Å². The fourth-order valence-electron chi connectivity index (χ4n) is 1.76. The van der Waals surface area contributed by atoms with Crippen LogP contribution < -0.4 is 5.73 Å². The zero-order valence-corrected chi connectivity index (χ0v) is 9.72. The summed E-state index contributed by atoms with van der Waals surface area (Å²) in [5.74, 6) is 1.15. The van der Waals surface area contributed by atoms with Gasteiger partial charge in [0.05, 0.1) is 18.6 Å². The van der Waals surface area contributed by atoms with Gasteiger partial charge in [0.25, 0.3) is 0 Å². The Morgan fingerprint density at radius 3 is 2.50 bits per heavy atom. The molecule has 3 nitrogen and oxygen atoms in total. The van der Waals surface area contributed by atoms with E-state index >= 15 is 0 Å². The summed E-state index contributed by atoms with van der Waals surface area (Å²) in [7, 11) is 0. The lowest BCUT2D eigenvalue weighted by molar-refractivity contribution is 0.803. The Bertz CT molecular complexity index is 457. The van der Waals surface area contributed by atoms with Crippen molar-refractivity contribution in [3.63, 3.8) is 0 Å². The summed E-state index contributed by atoms with van der Waals surface area (Å²) >= 11 is 0. The van der Waals surface area contributed by atoms with Crippen molar-refractivity contribution in [1.29, 1.82) is 0 Å². The van der Waals surface area contributed by atoms with Gasteiger partial charge in [-0.25, -0.2) is 4.98 Å². The van der Waals surface area contributed by atoms with Crippen LogP contribution in [0.1, 0.15) is 31.0 Å². The first-order valence-corrected chi connectivity index (χ1v) is 5.53. The summed E-state index contributed by atoms with van der Waals surface area (Å²) in [6.45, 7) is 4.99. The van der Waals surface area contributed by atoms with Gasteiger partial charge in [0, 0.05) is 0 Å². The largest absolute Gasteiger partial charge is 0.384 e. The van der Waals surface area contributed by atoms with Gasteiger partial charge in [-0.15, -0.1) is 0 Å². The zero-order chi connectivity index (χ0) is 11.5. The van der Waals surface area contributed by atoms with Gasteiger partial charge in [-0.2, -0.15) is 0 Å². The van der Waals surface area contributed by atoms with Gasteiger partial charge in [-0.3, -0.25) is 0 Å². The molecule has 0 saturated carbocycles. The third-order valence-electron chi connectivity index (χ3n) is 2.65. The molecular weight excluding hydrogens is 198 g/mol. The van der Waals surface area contributed by atoms with Crippen LogP contribution in [0.5, 0.6) is 0 Å². The van der Waals surface area contributed by atoms with Crippen molar-refractivity contribution in [1.82, 2.24) is 9.55 Å². The standard InChI is InChI=1S/C13H17N3/c1-10(2)12-13(14)16(9-15-12)8-11-6-4-3-5-7-11/h3-7,9-10H,8,14H2,1-2H3. The van der Waals surface area contributed by atoms with E-state index in [0.29, 0.717) is 5.92 Å². The molecule has 16 heavy (non-hydrogen) atoms. The van der Waals surface area contributed by atoms with Gasteiger partial charge >= 0.3 is 0 Å². The van der Waals surface area contributed by atoms with Gasteiger partial charge in [0.2, 0.25) is 0 Å². The monoisotopic (exact) mass is 215 g/mol. The molecule has 2 N–H and O–H groups in total. The number of hydrogen-bond donors (Lipinski definition) is 1. The van der Waals surface area contributed by atoms with Crippen LogP contribution in [0.15, 0.2) is 36.7 Å². The Hall–Kier alpha value is -1.77. The van der Waals surface area contributed by atoms with E-state index in [9.17, 15) is 0 Å².